The molecule has 0 radical (unpaired) electrons. The van der Waals surface area contributed by atoms with E-state index >= 15 is 0 Å². The molecule has 0 aliphatic heterocycles. The fourth-order valence-electron chi connectivity index (χ4n) is 2.88. The SMILES string of the molecule is CC(C)c1cc(Oc2ccccc2)cc(C(C)C)c1NC(=S)NC(C)(C)C.O.O. The van der Waals surface area contributed by atoms with E-state index in [1.807, 2.05) is 30.3 Å². The molecule has 0 aliphatic rings. The van der Waals surface area contributed by atoms with Crippen molar-refractivity contribution in [2.45, 2.75) is 65.8 Å². The summed E-state index contributed by atoms with van der Waals surface area (Å²) in [4.78, 5) is 0. The zero-order valence-electron chi connectivity index (χ0n) is 18.5. The van der Waals surface area contributed by atoms with Crippen molar-refractivity contribution in [1.29, 1.82) is 0 Å². The molecule has 0 atom stereocenters. The van der Waals surface area contributed by atoms with Gasteiger partial charge in [-0.15, -0.1) is 0 Å². The van der Waals surface area contributed by atoms with E-state index in [0.29, 0.717) is 16.9 Å². The minimum Gasteiger partial charge on any atom is -0.457 e. The van der Waals surface area contributed by atoms with Crippen LogP contribution in [0.2, 0.25) is 0 Å². The van der Waals surface area contributed by atoms with Crippen LogP contribution in [0.25, 0.3) is 0 Å². The molecule has 2 aromatic rings. The Balaban J connectivity index is 0.00000392. The number of thiocarbonyl (C=S) groups is 1. The summed E-state index contributed by atoms with van der Waals surface area (Å²) in [5.74, 6) is 2.37. The van der Waals surface area contributed by atoms with E-state index in [4.69, 9.17) is 17.0 Å². The quantitative estimate of drug-likeness (QED) is 0.653. The van der Waals surface area contributed by atoms with Crippen LogP contribution in [0.15, 0.2) is 42.5 Å². The minimum atomic E-state index is -0.0869. The number of hydrogen-bond acceptors (Lipinski definition) is 2. The first-order valence-corrected chi connectivity index (χ1v) is 9.97. The Hall–Kier alpha value is -2.15. The van der Waals surface area contributed by atoms with Gasteiger partial charge in [0.15, 0.2) is 5.11 Å². The van der Waals surface area contributed by atoms with Crippen LogP contribution in [-0.4, -0.2) is 21.6 Å². The van der Waals surface area contributed by atoms with Crippen molar-refractivity contribution in [2.75, 3.05) is 5.32 Å². The van der Waals surface area contributed by atoms with Gasteiger partial charge >= 0.3 is 0 Å². The van der Waals surface area contributed by atoms with Gasteiger partial charge in [-0.05, 0) is 80.2 Å². The maximum absolute atomic E-state index is 6.12. The van der Waals surface area contributed by atoms with Crippen LogP contribution in [0.4, 0.5) is 5.69 Å². The summed E-state index contributed by atoms with van der Waals surface area (Å²) in [6.07, 6.45) is 0. The number of anilines is 1. The number of para-hydroxylation sites is 1. The minimum absolute atomic E-state index is 0. The lowest BCUT2D eigenvalue weighted by Crippen LogP contribution is -2.43. The van der Waals surface area contributed by atoms with Crippen LogP contribution < -0.4 is 15.4 Å². The molecule has 0 aliphatic carbocycles. The average molecular weight is 421 g/mol. The Kier molecular flexibility index (Phi) is 10.3. The molecule has 162 valence electrons. The molecular formula is C23H36N2O3S. The summed E-state index contributed by atoms with van der Waals surface area (Å²) in [5.41, 5.74) is 3.40. The average Bonchev–Trinajstić information content (AvgIpc) is 2.54. The van der Waals surface area contributed by atoms with Crippen molar-refractivity contribution in [2.24, 2.45) is 0 Å². The lowest BCUT2D eigenvalue weighted by molar-refractivity contribution is 0.480. The Morgan fingerprint density at radius 2 is 1.34 bits per heavy atom. The first kappa shape index (κ1) is 26.9. The second kappa shape index (κ2) is 11.1. The Morgan fingerprint density at radius 1 is 0.862 bits per heavy atom. The van der Waals surface area contributed by atoms with Crippen LogP contribution in [0.5, 0.6) is 11.5 Å². The third-order valence-corrected chi connectivity index (χ3v) is 4.33. The zero-order valence-corrected chi connectivity index (χ0v) is 19.3. The van der Waals surface area contributed by atoms with E-state index in [0.717, 1.165) is 17.2 Å². The molecule has 5 nitrogen and oxygen atoms in total. The van der Waals surface area contributed by atoms with E-state index in [1.54, 1.807) is 0 Å². The van der Waals surface area contributed by atoms with E-state index < -0.39 is 0 Å². The molecule has 0 spiro atoms. The monoisotopic (exact) mass is 420 g/mol. The second-order valence-corrected chi connectivity index (χ2v) is 8.94. The molecule has 29 heavy (non-hydrogen) atoms. The van der Waals surface area contributed by atoms with Gasteiger partial charge in [0.1, 0.15) is 11.5 Å². The zero-order chi connectivity index (χ0) is 20.2. The van der Waals surface area contributed by atoms with Gasteiger partial charge < -0.3 is 26.3 Å². The highest BCUT2D eigenvalue weighted by molar-refractivity contribution is 7.80. The van der Waals surface area contributed by atoms with Crippen LogP contribution in [0.1, 0.15) is 71.4 Å². The summed E-state index contributed by atoms with van der Waals surface area (Å²) in [7, 11) is 0. The van der Waals surface area contributed by atoms with E-state index in [9.17, 15) is 0 Å². The molecule has 0 amide bonds. The first-order chi connectivity index (χ1) is 12.6. The largest absolute Gasteiger partial charge is 0.457 e. The highest BCUT2D eigenvalue weighted by Gasteiger charge is 2.19. The highest BCUT2D eigenvalue weighted by Crippen LogP contribution is 2.37. The van der Waals surface area contributed by atoms with Crippen molar-refractivity contribution in [3.63, 3.8) is 0 Å². The summed E-state index contributed by atoms with van der Waals surface area (Å²) in [5, 5.41) is 7.44. The Morgan fingerprint density at radius 3 is 1.76 bits per heavy atom. The molecule has 0 bridgehead atoms. The van der Waals surface area contributed by atoms with Gasteiger partial charge in [-0.1, -0.05) is 45.9 Å². The standard InChI is InChI=1S/C23H32N2OS.2H2O/c1-15(2)19-13-18(26-17-11-9-8-10-12-17)14-20(16(3)4)21(19)24-22(27)25-23(5,6)7;;/h8-16H,1-7H3,(H2,24,25,27);2*1H2. The molecule has 0 unspecified atom stereocenters. The normalized spacial score (nSPS) is 10.8. The summed E-state index contributed by atoms with van der Waals surface area (Å²) in [6.45, 7) is 15.1. The maximum atomic E-state index is 6.12. The van der Waals surface area contributed by atoms with Crippen molar-refractivity contribution < 1.29 is 15.7 Å². The van der Waals surface area contributed by atoms with Crippen LogP contribution in [0.3, 0.4) is 0 Å². The van der Waals surface area contributed by atoms with Crippen LogP contribution in [-0.2, 0) is 0 Å². The predicted molar refractivity (Wildman–Crippen MR) is 127 cm³/mol. The van der Waals surface area contributed by atoms with Gasteiger partial charge in [-0.3, -0.25) is 0 Å². The summed E-state index contributed by atoms with van der Waals surface area (Å²) in [6, 6.07) is 14.1. The van der Waals surface area contributed by atoms with E-state index in [-0.39, 0.29) is 16.5 Å². The van der Waals surface area contributed by atoms with Crippen LogP contribution >= 0.6 is 12.2 Å². The van der Waals surface area contributed by atoms with Crippen molar-refractivity contribution >= 4 is 23.0 Å². The van der Waals surface area contributed by atoms with Gasteiger partial charge in [0.05, 0.1) is 0 Å². The summed E-state index contributed by atoms with van der Waals surface area (Å²) < 4.78 is 6.12. The molecule has 6 N–H and O–H groups in total. The molecule has 6 heteroatoms. The molecule has 0 fully saturated rings. The third kappa shape index (κ3) is 8.01. The van der Waals surface area contributed by atoms with Gasteiger partial charge in [0.2, 0.25) is 0 Å². The van der Waals surface area contributed by atoms with Crippen molar-refractivity contribution in [3.8, 4) is 11.5 Å². The number of benzene rings is 2. The lowest BCUT2D eigenvalue weighted by Gasteiger charge is -2.27. The highest BCUT2D eigenvalue weighted by atomic mass is 32.1. The Bertz CT molecular complexity index is 755. The number of nitrogens with one attached hydrogen (secondary N) is 2. The smallest absolute Gasteiger partial charge is 0.171 e. The fourth-order valence-corrected chi connectivity index (χ4v) is 3.29. The second-order valence-electron chi connectivity index (χ2n) is 8.53. The van der Waals surface area contributed by atoms with Gasteiger partial charge in [-0.25, -0.2) is 0 Å². The molecule has 2 aromatic carbocycles. The molecule has 0 saturated heterocycles. The van der Waals surface area contributed by atoms with Gasteiger partial charge in [0.25, 0.3) is 0 Å². The molecular weight excluding hydrogens is 384 g/mol. The molecule has 2 rings (SSSR count). The lowest BCUT2D eigenvalue weighted by atomic mass is 9.92. The van der Waals surface area contributed by atoms with E-state index in [1.165, 1.54) is 11.1 Å². The fraction of sp³-hybridized carbons (Fsp3) is 0.435. The number of ether oxygens (including phenoxy) is 1. The predicted octanol–water partition coefficient (Wildman–Crippen LogP) is 5.16. The number of rotatable bonds is 5. The van der Waals surface area contributed by atoms with Crippen molar-refractivity contribution in [3.05, 3.63) is 53.6 Å². The Labute approximate surface area is 180 Å². The summed E-state index contributed by atoms with van der Waals surface area (Å²) >= 11 is 5.56. The maximum Gasteiger partial charge on any atom is 0.171 e. The van der Waals surface area contributed by atoms with Crippen molar-refractivity contribution in [1.82, 2.24) is 5.32 Å². The first-order valence-electron chi connectivity index (χ1n) is 9.56. The number of hydrogen-bond donors (Lipinski definition) is 2. The van der Waals surface area contributed by atoms with Gasteiger partial charge in [-0.2, -0.15) is 0 Å². The van der Waals surface area contributed by atoms with Crippen LogP contribution in [0, 0.1) is 0 Å². The third-order valence-electron chi connectivity index (χ3n) is 4.12. The molecule has 0 saturated carbocycles. The topological polar surface area (TPSA) is 96.3 Å². The van der Waals surface area contributed by atoms with Gasteiger partial charge in [0, 0.05) is 11.2 Å². The van der Waals surface area contributed by atoms with E-state index in [2.05, 4.69) is 71.2 Å². The molecule has 0 heterocycles. The molecule has 0 aromatic heterocycles.